The first kappa shape index (κ1) is 20.0. The van der Waals surface area contributed by atoms with E-state index in [2.05, 4.69) is 5.32 Å². The van der Waals surface area contributed by atoms with Crippen LogP contribution >= 0.6 is 11.3 Å². The van der Waals surface area contributed by atoms with E-state index in [0.29, 0.717) is 24.5 Å². The number of Topliss-reactive ketones (excluding diaryl/α,β-unsaturated/α-hetero) is 1. The summed E-state index contributed by atoms with van der Waals surface area (Å²) in [5, 5.41) is 2.86. The van der Waals surface area contributed by atoms with Gasteiger partial charge in [-0.1, -0.05) is 6.07 Å². The molecular formula is C20H25NO4S. The van der Waals surface area contributed by atoms with Crippen molar-refractivity contribution in [3.63, 3.8) is 0 Å². The van der Waals surface area contributed by atoms with E-state index in [4.69, 9.17) is 9.47 Å². The minimum absolute atomic E-state index is 0.0295. The number of nitrogens with one attached hydrogen (secondary N) is 1. The molecule has 1 aromatic heterocycles. The summed E-state index contributed by atoms with van der Waals surface area (Å²) in [6.07, 6.45) is 1.13. The summed E-state index contributed by atoms with van der Waals surface area (Å²) in [5.74, 6) is 1.27. The summed E-state index contributed by atoms with van der Waals surface area (Å²) >= 11 is 1.61. The van der Waals surface area contributed by atoms with E-state index in [-0.39, 0.29) is 24.5 Å². The first-order chi connectivity index (χ1) is 12.4. The summed E-state index contributed by atoms with van der Waals surface area (Å²) in [5.41, 5.74) is 1.79. The Bertz CT molecular complexity index is 782. The highest BCUT2D eigenvalue weighted by Gasteiger charge is 2.13. The van der Waals surface area contributed by atoms with Gasteiger partial charge in [-0.05, 0) is 44.0 Å². The van der Waals surface area contributed by atoms with Crippen LogP contribution in [0.3, 0.4) is 0 Å². The molecule has 0 unspecified atom stereocenters. The molecule has 0 aliphatic heterocycles. The fraction of sp³-hybridized carbons (Fsp3) is 0.400. The molecule has 0 radical (unpaired) electrons. The Kier molecular flexibility index (Phi) is 7.21. The average molecular weight is 375 g/mol. The van der Waals surface area contributed by atoms with Gasteiger partial charge >= 0.3 is 0 Å². The lowest BCUT2D eigenvalue weighted by Crippen LogP contribution is -2.26. The van der Waals surface area contributed by atoms with Crippen LogP contribution in [-0.2, 0) is 11.2 Å². The lowest BCUT2D eigenvalue weighted by molar-refractivity contribution is -0.121. The zero-order chi connectivity index (χ0) is 19.1. The largest absolute Gasteiger partial charge is 0.493 e. The second-order valence-electron chi connectivity index (χ2n) is 6.04. The molecule has 1 N–H and O–H groups in total. The summed E-state index contributed by atoms with van der Waals surface area (Å²) < 4.78 is 10.5. The summed E-state index contributed by atoms with van der Waals surface area (Å²) in [6.45, 7) is 4.43. The van der Waals surface area contributed by atoms with Gasteiger partial charge in [-0.25, -0.2) is 0 Å². The number of amides is 1. The van der Waals surface area contributed by atoms with Gasteiger partial charge in [0.05, 0.1) is 14.2 Å². The summed E-state index contributed by atoms with van der Waals surface area (Å²) in [7, 11) is 3.19. The van der Waals surface area contributed by atoms with Crippen LogP contribution in [0.1, 0.15) is 38.5 Å². The SMILES string of the molecule is COc1ccc(CCNC(=O)CCC(=O)c2cc(C)sc2C)cc1OC. The Morgan fingerprint density at radius 3 is 2.38 bits per heavy atom. The maximum Gasteiger partial charge on any atom is 0.220 e. The third-order valence-corrected chi connectivity index (χ3v) is 5.07. The van der Waals surface area contributed by atoms with Crippen LogP contribution < -0.4 is 14.8 Å². The molecule has 1 heterocycles. The molecule has 0 atom stereocenters. The van der Waals surface area contributed by atoms with Crippen molar-refractivity contribution in [3.8, 4) is 11.5 Å². The fourth-order valence-electron chi connectivity index (χ4n) is 2.74. The summed E-state index contributed by atoms with van der Waals surface area (Å²) in [6, 6.07) is 7.59. The minimum atomic E-state index is -0.108. The Hall–Kier alpha value is -2.34. The van der Waals surface area contributed by atoms with Crippen molar-refractivity contribution < 1.29 is 19.1 Å². The van der Waals surface area contributed by atoms with E-state index in [9.17, 15) is 9.59 Å². The van der Waals surface area contributed by atoms with Crippen LogP contribution in [0, 0.1) is 13.8 Å². The molecule has 2 aromatic rings. The molecule has 0 spiro atoms. The van der Waals surface area contributed by atoms with Crippen molar-refractivity contribution in [2.24, 2.45) is 0 Å². The van der Waals surface area contributed by atoms with Crippen molar-refractivity contribution in [3.05, 3.63) is 45.1 Å². The number of ketones is 1. The molecule has 1 amide bonds. The fourth-order valence-corrected chi connectivity index (χ4v) is 3.68. The number of aryl methyl sites for hydroxylation is 2. The van der Waals surface area contributed by atoms with E-state index in [1.165, 1.54) is 0 Å². The molecule has 140 valence electrons. The van der Waals surface area contributed by atoms with Crippen LogP contribution in [0.15, 0.2) is 24.3 Å². The van der Waals surface area contributed by atoms with Crippen molar-refractivity contribution in [1.29, 1.82) is 0 Å². The topological polar surface area (TPSA) is 64.6 Å². The lowest BCUT2D eigenvalue weighted by Gasteiger charge is -2.10. The van der Waals surface area contributed by atoms with Gasteiger partial charge in [-0.15, -0.1) is 11.3 Å². The highest BCUT2D eigenvalue weighted by molar-refractivity contribution is 7.12. The summed E-state index contributed by atoms with van der Waals surface area (Å²) in [4.78, 5) is 26.3. The van der Waals surface area contributed by atoms with E-state index < -0.39 is 0 Å². The number of ether oxygens (including phenoxy) is 2. The van der Waals surface area contributed by atoms with Crippen LogP contribution in [0.2, 0.25) is 0 Å². The predicted molar refractivity (Wildman–Crippen MR) is 104 cm³/mol. The highest BCUT2D eigenvalue weighted by Crippen LogP contribution is 2.27. The first-order valence-corrected chi connectivity index (χ1v) is 9.34. The van der Waals surface area contributed by atoms with Gasteiger partial charge in [0.2, 0.25) is 5.91 Å². The molecule has 0 saturated carbocycles. The predicted octanol–water partition coefficient (Wildman–Crippen LogP) is 3.70. The zero-order valence-corrected chi connectivity index (χ0v) is 16.5. The minimum Gasteiger partial charge on any atom is -0.493 e. The zero-order valence-electron chi connectivity index (χ0n) is 15.7. The Labute approximate surface area is 158 Å². The van der Waals surface area contributed by atoms with Gasteiger partial charge in [0.1, 0.15) is 0 Å². The van der Waals surface area contributed by atoms with Crippen LogP contribution in [0.25, 0.3) is 0 Å². The quantitative estimate of drug-likeness (QED) is 0.679. The standard InChI is InChI=1S/C20H25NO4S/c1-13-11-16(14(2)26-13)17(22)6-8-20(23)21-10-9-15-5-7-18(24-3)19(12-15)25-4/h5,7,11-12H,6,8-10H2,1-4H3,(H,21,23). The van der Waals surface area contributed by atoms with Crippen molar-refractivity contribution >= 4 is 23.0 Å². The Morgan fingerprint density at radius 2 is 1.77 bits per heavy atom. The number of hydrogen-bond acceptors (Lipinski definition) is 5. The number of carbonyl (C=O) groups is 2. The van der Waals surface area contributed by atoms with Crippen LogP contribution in [0.5, 0.6) is 11.5 Å². The van der Waals surface area contributed by atoms with Crippen LogP contribution in [-0.4, -0.2) is 32.5 Å². The van der Waals surface area contributed by atoms with E-state index >= 15 is 0 Å². The maximum absolute atomic E-state index is 12.2. The second-order valence-corrected chi connectivity index (χ2v) is 7.50. The molecule has 0 aliphatic rings. The monoisotopic (exact) mass is 375 g/mol. The van der Waals surface area contributed by atoms with Crippen molar-refractivity contribution in [1.82, 2.24) is 5.32 Å². The molecule has 0 aliphatic carbocycles. The molecule has 26 heavy (non-hydrogen) atoms. The molecule has 5 nitrogen and oxygen atoms in total. The first-order valence-electron chi connectivity index (χ1n) is 8.52. The molecule has 0 fully saturated rings. The Morgan fingerprint density at radius 1 is 1.04 bits per heavy atom. The number of carbonyl (C=O) groups excluding carboxylic acids is 2. The number of thiophene rings is 1. The third kappa shape index (κ3) is 5.33. The van der Waals surface area contributed by atoms with Gasteiger partial charge in [0.25, 0.3) is 0 Å². The van der Waals surface area contributed by atoms with Gasteiger partial charge in [-0.2, -0.15) is 0 Å². The molecule has 6 heteroatoms. The average Bonchev–Trinajstić information content (AvgIpc) is 2.97. The normalized spacial score (nSPS) is 10.5. The highest BCUT2D eigenvalue weighted by atomic mass is 32.1. The van der Waals surface area contributed by atoms with Crippen LogP contribution in [0.4, 0.5) is 0 Å². The van der Waals surface area contributed by atoms with E-state index in [0.717, 1.165) is 20.9 Å². The van der Waals surface area contributed by atoms with Gasteiger partial charge in [0, 0.05) is 34.7 Å². The molecule has 0 bridgehead atoms. The lowest BCUT2D eigenvalue weighted by atomic mass is 10.1. The molecular weight excluding hydrogens is 350 g/mol. The van der Waals surface area contributed by atoms with E-state index in [1.807, 2.05) is 38.1 Å². The number of benzene rings is 1. The second kappa shape index (κ2) is 9.38. The van der Waals surface area contributed by atoms with Gasteiger partial charge in [0.15, 0.2) is 17.3 Å². The van der Waals surface area contributed by atoms with E-state index in [1.54, 1.807) is 25.6 Å². The smallest absolute Gasteiger partial charge is 0.220 e. The number of rotatable bonds is 9. The van der Waals surface area contributed by atoms with Crippen molar-refractivity contribution in [2.45, 2.75) is 33.1 Å². The maximum atomic E-state index is 12.2. The number of methoxy groups -OCH3 is 2. The van der Waals surface area contributed by atoms with Crippen molar-refractivity contribution in [2.75, 3.05) is 20.8 Å². The Balaban J connectivity index is 1.77. The molecule has 2 rings (SSSR count). The third-order valence-electron chi connectivity index (χ3n) is 4.10. The van der Waals surface area contributed by atoms with Gasteiger partial charge in [-0.3, -0.25) is 9.59 Å². The molecule has 1 aromatic carbocycles. The molecule has 0 saturated heterocycles. The van der Waals surface area contributed by atoms with Gasteiger partial charge < -0.3 is 14.8 Å². The number of hydrogen-bond donors (Lipinski definition) is 1.